The van der Waals surface area contributed by atoms with Crippen LogP contribution in [0.3, 0.4) is 0 Å². The van der Waals surface area contributed by atoms with E-state index in [4.69, 9.17) is 5.73 Å². The number of nitrogens with two attached hydrogens (primary N) is 1. The standard InChI is InChI=1S/C15H16F2N4O2S/c1-7(2)20-14(22)12-11(18)13(24-21-12)15(23)19-6-8-3-9(16)5-10(17)4-8/h3-5,7H,6,18H2,1-2H3,(H,19,23)(H,20,22). The fourth-order valence-corrected chi connectivity index (χ4v) is 2.64. The van der Waals surface area contributed by atoms with Crippen LogP contribution in [0.4, 0.5) is 14.5 Å². The highest BCUT2D eigenvalue weighted by molar-refractivity contribution is 7.09. The lowest BCUT2D eigenvalue weighted by molar-refractivity contribution is 0.0939. The molecule has 0 atom stereocenters. The summed E-state index contributed by atoms with van der Waals surface area (Å²) < 4.78 is 30.1. The summed E-state index contributed by atoms with van der Waals surface area (Å²) in [4.78, 5) is 24.1. The predicted octanol–water partition coefficient (Wildman–Crippen LogP) is 2.07. The van der Waals surface area contributed by atoms with E-state index in [1.165, 1.54) is 0 Å². The third-order valence-electron chi connectivity index (χ3n) is 2.94. The van der Waals surface area contributed by atoms with Crippen LogP contribution in [0.25, 0.3) is 0 Å². The Labute approximate surface area is 141 Å². The Morgan fingerprint density at radius 3 is 2.42 bits per heavy atom. The fourth-order valence-electron chi connectivity index (χ4n) is 1.93. The molecule has 0 unspecified atom stereocenters. The lowest BCUT2D eigenvalue weighted by atomic mass is 10.2. The topological polar surface area (TPSA) is 97.1 Å². The maximum absolute atomic E-state index is 13.1. The minimum absolute atomic E-state index is 0.0179. The first-order valence-corrected chi connectivity index (χ1v) is 7.84. The molecule has 9 heteroatoms. The van der Waals surface area contributed by atoms with Gasteiger partial charge in [-0.2, -0.15) is 4.37 Å². The second-order valence-corrected chi connectivity index (χ2v) is 6.14. The lowest BCUT2D eigenvalue weighted by Crippen LogP contribution is -2.31. The Morgan fingerprint density at radius 1 is 1.21 bits per heavy atom. The summed E-state index contributed by atoms with van der Waals surface area (Å²) in [5, 5.41) is 5.12. The summed E-state index contributed by atoms with van der Waals surface area (Å²) in [5.41, 5.74) is 6.03. The van der Waals surface area contributed by atoms with Crippen molar-refractivity contribution in [1.82, 2.24) is 15.0 Å². The van der Waals surface area contributed by atoms with Gasteiger partial charge >= 0.3 is 0 Å². The number of amides is 2. The van der Waals surface area contributed by atoms with Crippen molar-refractivity contribution >= 4 is 29.0 Å². The molecule has 2 aromatic rings. The number of halogens is 2. The number of rotatable bonds is 5. The fraction of sp³-hybridized carbons (Fsp3) is 0.267. The molecule has 2 amide bonds. The largest absolute Gasteiger partial charge is 0.395 e. The van der Waals surface area contributed by atoms with E-state index >= 15 is 0 Å². The van der Waals surface area contributed by atoms with Crippen LogP contribution in [0.15, 0.2) is 18.2 Å². The lowest BCUT2D eigenvalue weighted by Gasteiger charge is -2.07. The van der Waals surface area contributed by atoms with Crippen molar-refractivity contribution in [3.05, 3.63) is 46.0 Å². The van der Waals surface area contributed by atoms with Gasteiger partial charge in [0.15, 0.2) is 5.69 Å². The van der Waals surface area contributed by atoms with Gasteiger partial charge < -0.3 is 16.4 Å². The minimum Gasteiger partial charge on any atom is -0.395 e. The number of hydrogen-bond donors (Lipinski definition) is 3. The number of carbonyl (C=O) groups excluding carboxylic acids is 2. The molecule has 0 saturated heterocycles. The maximum atomic E-state index is 13.1. The maximum Gasteiger partial charge on any atom is 0.273 e. The monoisotopic (exact) mass is 354 g/mol. The van der Waals surface area contributed by atoms with E-state index in [1.54, 1.807) is 13.8 Å². The first kappa shape index (κ1) is 17.8. The molecule has 24 heavy (non-hydrogen) atoms. The molecular formula is C15H16F2N4O2S. The van der Waals surface area contributed by atoms with Gasteiger partial charge in [0.2, 0.25) is 0 Å². The van der Waals surface area contributed by atoms with Crippen molar-refractivity contribution in [2.75, 3.05) is 5.73 Å². The first-order chi connectivity index (χ1) is 11.3. The SMILES string of the molecule is CC(C)NC(=O)c1nsc(C(=O)NCc2cc(F)cc(F)c2)c1N. The summed E-state index contributed by atoms with van der Waals surface area (Å²) in [6.07, 6.45) is 0. The van der Waals surface area contributed by atoms with E-state index in [9.17, 15) is 18.4 Å². The summed E-state index contributed by atoms with van der Waals surface area (Å²) in [5.74, 6) is -2.50. The molecule has 0 aliphatic carbocycles. The number of benzene rings is 1. The summed E-state index contributed by atoms with van der Waals surface area (Å²) >= 11 is 0.785. The van der Waals surface area contributed by atoms with Crippen molar-refractivity contribution in [2.24, 2.45) is 0 Å². The normalized spacial score (nSPS) is 10.7. The Bertz CT molecular complexity index is 757. The Kier molecular flexibility index (Phi) is 5.45. The average molecular weight is 354 g/mol. The molecule has 1 aromatic carbocycles. The second-order valence-electron chi connectivity index (χ2n) is 5.36. The van der Waals surface area contributed by atoms with Crippen molar-refractivity contribution < 1.29 is 18.4 Å². The van der Waals surface area contributed by atoms with Gasteiger partial charge in [-0.15, -0.1) is 0 Å². The molecule has 4 N–H and O–H groups in total. The first-order valence-electron chi connectivity index (χ1n) is 7.07. The van der Waals surface area contributed by atoms with Crippen molar-refractivity contribution in [3.8, 4) is 0 Å². The van der Waals surface area contributed by atoms with Gasteiger partial charge in [0.1, 0.15) is 16.5 Å². The molecule has 0 aliphatic rings. The number of nitrogen functional groups attached to an aromatic ring is 1. The molecule has 0 bridgehead atoms. The van der Waals surface area contributed by atoms with Crippen LogP contribution in [0.2, 0.25) is 0 Å². The Balaban J connectivity index is 2.07. The Hall–Kier alpha value is -2.55. The second kappa shape index (κ2) is 7.35. The molecule has 2 rings (SSSR count). The van der Waals surface area contributed by atoms with Crippen LogP contribution in [0.5, 0.6) is 0 Å². The highest BCUT2D eigenvalue weighted by Gasteiger charge is 2.22. The van der Waals surface area contributed by atoms with E-state index < -0.39 is 23.4 Å². The van der Waals surface area contributed by atoms with Crippen molar-refractivity contribution in [3.63, 3.8) is 0 Å². The van der Waals surface area contributed by atoms with E-state index in [0.29, 0.717) is 0 Å². The highest BCUT2D eigenvalue weighted by atomic mass is 32.1. The smallest absolute Gasteiger partial charge is 0.273 e. The minimum atomic E-state index is -0.732. The summed E-state index contributed by atoms with van der Waals surface area (Å²) in [7, 11) is 0. The van der Waals surface area contributed by atoms with Crippen molar-refractivity contribution in [2.45, 2.75) is 26.4 Å². The molecule has 1 heterocycles. The van der Waals surface area contributed by atoms with Crippen LogP contribution in [-0.4, -0.2) is 22.2 Å². The molecular weight excluding hydrogens is 338 g/mol. The molecule has 0 spiro atoms. The number of anilines is 1. The zero-order valence-electron chi connectivity index (χ0n) is 13.0. The average Bonchev–Trinajstić information content (AvgIpc) is 2.85. The van der Waals surface area contributed by atoms with Gasteiger partial charge in [-0.3, -0.25) is 9.59 Å². The van der Waals surface area contributed by atoms with E-state index in [1.807, 2.05) is 0 Å². The molecule has 0 aliphatic heterocycles. The van der Waals surface area contributed by atoms with E-state index in [0.717, 1.165) is 29.7 Å². The van der Waals surface area contributed by atoms with Gasteiger partial charge in [0.05, 0.1) is 5.69 Å². The predicted molar refractivity (Wildman–Crippen MR) is 86.7 cm³/mol. The number of hydrogen-bond acceptors (Lipinski definition) is 5. The number of nitrogens with zero attached hydrogens (tertiary/aromatic N) is 1. The van der Waals surface area contributed by atoms with Crippen molar-refractivity contribution in [1.29, 1.82) is 0 Å². The van der Waals surface area contributed by atoms with Gasteiger partial charge in [-0.25, -0.2) is 8.78 Å². The molecule has 1 aromatic heterocycles. The quantitative estimate of drug-likeness (QED) is 0.766. The number of carbonyl (C=O) groups is 2. The van der Waals surface area contributed by atoms with Gasteiger partial charge in [-0.1, -0.05) is 0 Å². The highest BCUT2D eigenvalue weighted by Crippen LogP contribution is 2.22. The molecule has 6 nitrogen and oxygen atoms in total. The molecule has 0 saturated carbocycles. The van der Waals surface area contributed by atoms with Crippen LogP contribution in [0.1, 0.15) is 39.6 Å². The Morgan fingerprint density at radius 2 is 1.83 bits per heavy atom. The zero-order valence-corrected chi connectivity index (χ0v) is 13.8. The summed E-state index contributed by atoms with van der Waals surface area (Å²) in [6, 6.07) is 2.87. The molecule has 0 radical (unpaired) electrons. The van der Waals surface area contributed by atoms with Gasteiger partial charge in [0, 0.05) is 18.7 Å². The van der Waals surface area contributed by atoms with E-state index in [-0.39, 0.29) is 34.4 Å². The van der Waals surface area contributed by atoms with Crippen LogP contribution < -0.4 is 16.4 Å². The van der Waals surface area contributed by atoms with Gasteiger partial charge in [0.25, 0.3) is 11.8 Å². The molecule has 128 valence electrons. The van der Waals surface area contributed by atoms with E-state index in [2.05, 4.69) is 15.0 Å². The van der Waals surface area contributed by atoms with Crippen LogP contribution in [-0.2, 0) is 6.54 Å². The zero-order chi connectivity index (χ0) is 17.9. The summed E-state index contributed by atoms with van der Waals surface area (Å²) in [6.45, 7) is 3.48. The third-order valence-corrected chi connectivity index (χ3v) is 3.81. The number of nitrogens with one attached hydrogen (secondary N) is 2. The molecule has 0 fully saturated rings. The third kappa shape index (κ3) is 4.25. The van der Waals surface area contributed by atoms with Crippen LogP contribution >= 0.6 is 11.5 Å². The van der Waals surface area contributed by atoms with Gasteiger partial charge in [-0.05, 0) is 43.1 Å². The number of aromatic nitrogens is 1. The van der Waals surface area contributed by atoms with Crippen LogP contribution in [0, 0.1) is 11.6 Å².